The zero-order valence-corrected chi connectivity index (χ0v) is 12.6. The molecule has 0 amide bonds. The maximum atomic E-state index is 14.1. The second kappa shape index (κ2) is 5.85. The first-order valence-electron chi connectivity index (χ1n) is 7.34. The van der Waals surface area contributed by atoms with Crippen LogP contribution in [0.3, 0.4) is 0 Å². The van der Waals surface area contributed by atoms with Crippen molar-refractivity contribution >= 4 is 22.9 Å². The Morgan fingerprint density at radius 3 is 2.81 bits per heavy atom. The molecule has 0 bridgehead atoms. The molecule has 114 valence electrons. The smallest absolute Gasteiger partial charge is 0.182 e. The first kappa shape index (κ1) is 14.7. The van der Waals surface area contributed by atoms with Crippen LogP contribution < -0.4 is 11.1 Å². The molecule has 1 aromatic rings. The van der Waals surface area contributed by atoms with Gasteiger partial charge in [-0.05, 0) is 44.4 Å². The van der Waals surface area contributed by atoms with Crippen LogP contribution in [-0.4, -0.2) is 35.1 Å². The maximum absolute atomic E-state index is 14.1. The number of nitrogens with two attached hydrogens (primary N) is 1. The van der Waals surface area contributed by atoms with Crippen molar-refractivity contribution in [1.82, 2.24) is 4.90 Å². The fourth-order valence-corrected chi connectivity index (χ4v) is 3.58. The molecule has 1 aromatic carbocycles. The number of thiocarbonyl (C=S) groups is 1. The van der Waals surface area contributed by atoms with Crippen LogP contribution in [0.4, 0.5) is 14.5 Å². The van der Waals surface area contributed by atoms with E-state index in [4.69, 9.17) is 18.0 Å². The molecule has 2 saturated heterocycles. The molecule has 0 radical (unpaired) electrons. The van der Waals surface area contributed by atoms with Crippen LogP contribution >= 0.6 is 12.2 Å². The summed E-state index contributed by atoms with van der Waals surface area (Å²) < 4.78 is 28.0. The van der Waals surface area contributed by atoms with Crippen molar-refractivity contribution in [2.45, 2.75) is 37.8 Å². The summed E-state index contributed by atoms with van der Waals surface area (Å²) in [6.07, 6.45) is 4.38. The van der Waals surface area contributed by atoms with Crippen LogP contribution in [0.15, 0.2) is 12.1 Å². The Morgan fingerprint density at radius 1 is 1.24 bits per heavy atom. The Balaban J connectivity index is 1.73. The lowest BCUT2D eigenvalue weighted by Crippen LogP contribution is -2.42. The van der Waals surface area contributed by atoms with Crippen LogP contribution in [0.2, 0.25) is 0 Å². The molecule has 2 unspecified atom stereocenters. The van der Waals surface area contributed by atoms with Gasteiger partial charge in [0.15, 0.2) is 11.6 Å². The second-order valence-electron chi connectivity index (χ2n) is 5.85. The SMILES string of the molecule is NC(=S)c1ccc(NC2CCN3CCCC3C2)c(F)c1F. The third-order valence-corrected chi connectivity index (χ3v) is 4.75. The molecular weight excluding hydrogens is 292 g/mol. The first-order valence-corrected chi connectivity index (χ1v) is 7.75. The fraction of sp³-hybridized carbons (Fsp3) is 0.533. The summed E-state index contributed by atoms with van der Waals surface area (Å²) in [4.78, 5) is 2.36. The minimum atomic E-state index is -0.967. The fourth-order valence-electron chi connectivity index (χ4n) is 3.43. The van der Waals surface area contributed by atoms with E-state index in [-0.39, 0.29) is 22.3 Å². The van der Waals surface area contributed by atoms with Crippen LogP contribution in [0.1, 0.15) is 31.2 Å². The van der Waals surface area contributed by atoms with Gasteiger partial charge >= 0.3 is 0 Å². The quantitative estimate of drug-likeness (QED) is 0.842. The predicted octanol–water partition coefficient (Wildman–Crippen LogP) is 2.64. The van der Waals surface area contributed by atoms with Crippen LogP contribution in [-0.2, 0) is 0 Å². The van der Waals surface area contributed by atoms with Crippen molar-refractivity contribution in [3.63, 3.8) is 0 Å². The van der Waals surface area contributed by atoms with Gasteiger partial charge in [0.25, 0.3) is 0 Å². The number of nitrogens with one attached hydrogen (secondary N) is 1. The number of hydrogen-bond acceptors (Lipinski definition) is 3. The topological polar surface area (TPSA) is 41.3 Å². The minimum absolute atomic E-state index is 0.0429. The highest BCUT2D eigenvalue weighted by Gasteiger charge is 2.32. The van der Waals surface area contributed by atoms with Crippen molar-refractivity contribution < 1.29 is 8.78 Å². The van der Waals surface area contributed by atoms with Crippen molar-refractivity contribution in [3.8, 4) is 0 Å². The lowest BCUT2D eigenvalue weighted by molar-refractivity contribution is 0.188. The van der Waals surface area contributed by atoms with E-state index in [0.717, 1.165) is 19.4 Å². The van der Waals surface area contributed by atoms with Gasteiger partial charge in [0.1, 0.15) is 4.99 Å². The number of fused-ring (bicyclic) bond motifs is 1. The molecule has 0 spiro atoms. The van der Waals surface area contributed by atoms with Crippen molar-refractivity contribution in [3.05, 3.63) is 29.3 Å². The predicted molar refractivity (Wildman–Crippen MR) is 83.5 cm³/mol. The Morgan fingerprint density at radius 2 is 2.05 bits per heavy atom. The summed E-state index contributed by atoms with van der Waals surface area (Å²) in [5.41, 5.74) is 5.53. The molecule has 3 N–H and O–H groups in total. The van der Waals surface area contributed by atoms with Gasteiger partial charge in [0.05, 0.1) is 5.69 Å². The van der Waals surface area contributed by atoms with Crippen LogP contribution in [0.5, 0.6) is 0 Å². The zero-order chi connectivity index (χ0) is 15.0. The second-order valence-corrected chi connectivity index (χ2v) is 6.29. The van der Waals surface area contributed by atoms with Crippen LogP contribution in [0.25, 0.3) is 0 Å². The Kier molecular flexibility index (Phi) is 4.08. The van der Waals surface area contributed by atoms with Gasteiger partial charge < -0.3 is 16.0 Å². The van der Waals surface area contributed by atoms with Gasteiger partial charge in [-0.1, -0.05) is 12.2 Å². The Bertz CT molecular complexity index is 564. The number of rotatable bonds is 3. The molecule has 3 rings (SSSR count). The third-order valence-electron chi connectivity index (χ3n) is 4.53. The summed E-state index contributed by atoms with van der Waals surface area (Å²) >= 11 is 4.71. The van der Waals surface area contributed by atoms with E-state index >= 15 is 0 Å². The molecular formula is C15H19F2N3S. The average Bonchev–Trinajstić information content (AvgIpc) is 2.91. The normalized spacial score (nSPS) is 25.6. The van der Waals surface area contributed by atoms with E-state index in [9.17, 15) is 8.78 Å². The number of piperidine rings is 1. The van der Waals surface area contributed by atoms with E-state index in [2.05, 4.69) is 10.2 Å². The van der Waals surface area contributed by atoms with Gasteiger partial charge in [-0.15, -0.1) is 0 Å². The Labute approximate surface area is 128 Å². The zero-order valence-electron chi connectivity index (χ0n) is 11.7. The summed E-state index contributed by atoms with van der Waals surface area (Å²) in [6.45, 7) is 2.19. The molecule has 0 aliphatic carbocycles. The highest BCUT2D eigenvalue weighted by molar-refractivity contribution is 7.80. The minimum Gasteiger partial charge on any atom is -0.389 e. The van der Waals surface area contributed by atoms with E-state index in [1.165, 1.54) is 31.5 Å². The summed E-state index contributed by atoms with van der Waals surface area (Å²) in [7, 11) is 0. The highest BCUT2D eigenvalue weighted by Crippen LogP contribution is 2.29. The molecule has 2 atom stereocenters. The molecule has 2 fully saturated rings. The largest absolute Gasteiger partial charge is 0.389 e. The number of anilines is 1. The van der Waals surface area contributed by atoms with Crippen molar-refractivity contribution in [2.75, 3.05) is 18.4 Å². The van der Waals surface area contributed by atoms with E-state index in [0.29, 0.717) is 6.04 Å². The van der Waals surface area contributed by atoms with E-state index in [1.54, 1.807) is 0 Å². The first-order chi connectivity index (χ1) is 10.1. The van der Waals surface area contributed by atoms with Crippen molar-refractivity contribution in [2.24, 2.45) is 5.73 Å². The number of nitrogens with zero attached hydrogens (tertiary/aromatic N) is 1. The molecule has 2 heterocycles. The lowest BCUT2D eigenvalue weighted by atomic mass is 9.97. The summed E-state index contributed by atoms with van der Waals surface area (Å²) in [6, 6.07) is 3.73. The van der Waals surface area contributed by atoms with Gasteiger partial charge in [-0.3, -0.25) is 0 Å². The number of halogens is 2. The van der Waals surface area contributed by atoms with Crippen molar-refractivity contribution in [1.29, 1.82) is 0 Å². The highest BCUT2D eigenvalue weighted by atomic mass is 32.1. The molecule has 2 aliphatic rings. The molecule has 6 heteroatoms. The van der Waals surface area contributed by atoms with Gasteiger partial charge in [-0.2, -0.15) is 0 Å². The number of hydrogen-bond donors (Lipinski definition) is 2. The lowest BCUT2D eigenvalue weighted by Gasteiger charge is -2.35. The average molecular weight is 311 g/mol. The van der Waals surface area contributed by atoms with Gasteiger partial charge in [0.2, 0.25) is 0 Å². The maximum Gasteiger partial charge on any atom is 0.182 e. The monoisotopic (exact) mass is 311 g/mol. The van der Waals surface area contributed by atoms with E-state index in [1.807, 2.05) is 0 Å². The molecule has 21 heavy (non-hydrogen) atoms. The third kappa shape index (κ3) is 2.87. The Hall–Kier alpha value is -1.27. The van der Waals surface area contributed by atoms with Crippen LogP contribution in [0, 0.1) is 11.6 Å². The number of benzene rings is 1. The standard InChI is InChI=1S/C15H19F2N3S/c16-13-11(15(18)21)3-4-12(14(13)17)19-9-5-7-20-6-1-2-10(20)8-9/h3-4,9-10,19H,1-2,5-8H2,(H2,18,21). The molecule has 0 aromatic heterocycles. The molecule has 3 nitrogen and oxygen atoms in total. The molecule has 0 saturated carbocycles. The summed E-state index contributed by atoms with van der Waals surface area (Å²) in [5, 5.41) is 3.14. The molecule has 2 aliphatic heterocycles. The van der Waals surface area contributed by atoms with E-state index < -0.39 is 11.6 Å². The summed E-state index contributed by atoms with van der Waals surface area (Å²) in [5.74, 6) is -1.86. The van der Waals surface area contributed by atoms with Gasteiger partial charge in [-0.25, -0.2) is 8.78 Å². The van der Waals surface area contributed by atoms with Gasteiger partial charge in [0, 0.05) is 24.2 Å².